The molecule has 0 unspecified atom stereocenters. The number of hydrogen-bond donors (Lipinski definition) is 6. The zero-order valence-electron chi connectivity index (χ0n) is 17.0. The van der Waals surface area contributed by atoms with Crippen LogP contribution >= 0.6 is 11.6 Å². The molecule has 0 fully saturated rings. The quantitative estimate of drug-likeness (QED) is 0.219. The van der Waals surface area contributed by atoms with E-state index in [1.165, 1.54) is 0 Å². The summed E-state index contributed by atoms with van der Waals surface area (Å²) in [4.78, 5) is 31.5. The third kappa shape index (κ3) is 6.46. The number of aromatic nitrogens is 1. The number of carbonyl (C=O) groups excluding carboxylic acids is 3. The van der Waals surface area contributed by atoms with Crippen LogP contribution in [0, 0.1) is 0 Å². The molecule has 10 nitrogen and oxygen atoms in total. The van der Waals surface area contributed by atoms with Crippen LogP contribution in [0.1, 0.15) is 39.8 Å². The fourth-order valence-electron chi connectivity index (χ4n) is 3.10. The normalized spacial score (nSPS) is 10.3. The van der Waals surface area contributed by atoms with Crippen molar-refractivity contribution in [3.63, 3.8) is 0 Å². The molecule has 7 N–H and O–H groups in total. The number of hydrogen-bond acceptors (Lipinski definition) is 9. The Hall–Kier alpha value is -2.56. The zero-order valence-corrected chi connectivity index (χ0v) is 17.8. The van der Waals surface area contributed by atoms with Gasteiger partial charge >= 0.3 is 12.1 Å². The summed E-state index contributed by atoms with van der Waals surface area (Å²) in [5.74, 6) is -0.585. The van der Waals surface area contributed by atoms with Gasteiger partial charge in [-0.2, -0.15) is 9.59 Å². The predicted molar refractivity (Wildman–Crippen MR) is 111 cm³/mol. The van der Waals surface area contributed by atoms with Crippen molar-refractivity contribution in [2.24, 2.45) is 5.73 Å². The van der Waals surface area contributed by atoms with Gasteiger partial charge in [-0.15, -0.1) is 0 Å². The number of aliphatic hydroxyl groups is 3. The predicted octanol–water partition coefficient (Wildman–Crippen LogP) is 0.454. The number of H-pyrrole nitrogens is 1. The highest BCUT2D eigenvalue weighted by molar-refractivity contribution is 6.36. The van der Waals surface area contributed by atoms with Gasteiger partial charge in [-0.05, 0) is 29.2 Å². The van der Waals surface area contributed by atoms with E-state index < -0.39 is 5.97 Å². The Labute approximate surface area is 184 Å². The largest absolute Gasteiger partial charge is 0.461 e. The highest BCUT2D eigenvalue weighted by Crippen LogP contribution is 2.38. The molecule has 0 saturated heterocycles. The van der Waals surface area contributed by atoms with Crippen molar-refractivity contribution < 1.29 is 34.4 Å². The van der Waals surface area contributed by atoms with Crippen LogP contribution in [-0.2, 0) is 40.7 Å². The monoisotopic (exact) mass is 455 g/mol. The van der Waals surface area contributed by atoms with Gasteiger partial charge in [0.15, 0.2) is 0 Å². The average Bonchev–Trinajstić information content (AvgIpc) is 3.09. The van der Waals surface area contributed by atoms with Crippen molar-refractivity contribution in [2.75, 3.05) is 19.7 Å². The summed E-state index contributed by atoms with van der Waals surface area (Å²) in [6.07, 6.45) is 0.250. The van der Waals surface area contributed by atoms with Gasteiger partial charge < -0.3 is 36.1 Å². The number of benzene rings is 1. The standard InChI is InChI=1S/C19H26ClN3O5.CO2/c1-2-28-19(27)18-17(20)16(15(23-18)7-22-6-5-21)12-4-3-11(8-24)13(9-25)14(12)10-26;2-1-3/h3-4,22-26H,2,5-10,21H2,1H3;. The summed E-state index contributed by atoms with van der Waals surface area (Å²) in [7, 11) is 0. The summed E-state index contributed by atoms with van der Waals surface area (Å²) in [5.41, 5.74) is 8.72. The Kier molecular flexibility index (Phi) is 11.7. The van der Waals surface area contributed by atoms with Gasteiger partial charge in [-0.1, -0.05) is 23.7 Å². The second kappa shape index (κ2) is 13.7. The zero-order chi connectivity index (χ0) is 23.4. The third-order valence-electron chi connectivity index (χ3n) is 4.40. The van der Waals surface area contributed by atoms with Crippen LogP contribution in [0.2, 0.25) is 5.02 Å². The van der Waals surface area contributed by atoms with E-state index in [0.717, 1.165) is 0 Å². The molecule has 0 aliphatic carbocycles. The molecule has 0 bridgehead atoms. The smallest absolute Gasteiger partial charge is 0.373 e. The van der Waals surface area contributed by atoms with E-state index >= 15 is 0 Å². The second-order valence-corrected chi connectivity index (χ2v) is 6.52. The molecule has 1 aromatic carbocycles. The molecule has 1 heterocycles. The van der Waals surface area contributed by atoms with E-state index in [2.05, 4.69) is 10.3 Å². The summed E-state index contributed by atoms with van der Waals surface area (Å²) >= 11 is 6.53. The first kappa shape index (κ1) is 26.5. The van der Waals surface area contributed by atoms with Gasteiger partial charge in [0.25, 0.3) is 0 Å². The van der Waals surface area contributed by atoms with Crippen LogP contribution in [0.15, 0.2) is 12.1 Å². The van der Waals surface area contributed by atoms with E-state index in [9.17, 15) is 20.1 Å². The molecular formula is C20H26ClN3O7. The van der Waals surface area contributed by atoms with E-state index in [4.69, 9.17) is 31.7 Å². The molecular weight excluding hydrogens is 430 g/mol. The lowest BCUT2D eigenvalue weighted by Gasteiger charge is -2.16. The maximum atomic E-state index is 12.3. The molecule has 2 rings (SSSR count). The lowest BCUT2D eigenvalue weighted by Crippen LogP contribution is -2.22. The van der Waals surface area contributed by atoms with E-state index in [0.29, 0.717) is 53.1 Å². The molecule has 11 heteroatoms. The third-order valence-corrected chi connectivity index (χ3v) is 4.78. The fraction of sp³-hybridized carbons (Fsp3) is 0.400. The fourth-order valence-corrected chi connectivity index (χ4v) is 3.44. The van der Waals surface area contributed by atoms with Crippen LogP contribution in [0.25, 0.3) is 11.1 Å². The van der Waals surface area contributed by atoms with Crippen molar-refractivity contribution >= 4 is 23.7 Å². The van der Waals surface area contributed by atoms with Gasteiger partial charge in [0, 0.05) is 30.9 Å². The molecule has 1 aromatic heterocycles. The van der Waals surface area contributed by atoms with Crippen molar-refractivity contribution in [3.05, 3.63) is 45.2 Å². The van der Waals surface area contributed by atoms with Gasteiger partial charge in [0.05, 0.1) is 31.5 Å². The Morgan fingerprint density at radius 3 is 2.35 bits per heavy atom. The number of carbonyl (C=O) groups is 1. The van der Waals surface area contributed by atoms with Crippen LogP contribution in [0.3, 0.4) is 0 Å². The maximum Gasteiger partial charge on any atom is 0.373 e. The average molecular weight is 456 g/mol. The molecule has 0 aliphatic rings. The maximum absolute atomic E-state index is 12.3. The highest BCUT2D eigenvalue weighted by Gasteiger charge is 2.25. The Morgan fingerprint density at radius 2 is 1.84 bits per heavy atom. The molecule has 0 radical (unpaired) electrons. The van der Waals surface area contributed by atoms with Gasteiger partial charge in [-0.3, -0.25) is 0 Å². The molecule has 0 atom stereocenters. The summed E-state index contributed by atoms with van der Waals surface area (Å²) in [6, 6.07) is 3.36. The minimum atomic E-state index is -0.585. The van der Waals surface area contributed by atoms with E-state index in [-0.39, 0.29) is 43.3 Å². The molecule has 170 valence electrons. The summed E-state index contributed by atoms with van der Waals surface area (Å²) in [6.45, 7) is 2.25. The van der Waals surface area contributed by atoms with Crippen molar-refractivity contribution in [3.8, 4) is 11.1 Å². The van der Waals surface area contributed by atoms with Crippen LogP contribution < -0.4 is 11.1 Å². The molecule has 0 amide bonds. The summed E-state index contributed by atoms with van der Waals surface area (Å²) in [5, 5.41) is 32.5. The van der Waals surface area contributed by atoms with Gasteiger partial charge in [-0.25, -0.2) is 4.79 Å². The minimum Gasteiger partial charge on any atom is -0.461 e. The lowest BCUT2D eigenvalue weighted by atomic mass is 9.92. The van der Waals surface area contributed by atoms with E-state index in [1.54, 1.807) is 19.1 Å². The lowest BCUT2D eigenvalue weighted by molar-refractivity contribution is -0.191. The first-order chi connectivity index (χ1) is 14.9. The minimum absolute atomic E-state index is 0.115. The second-order valence-electron chi connectivity index (χ2n) is 6.14. The molecule has 2 aromatic rings. The Balaban J connectivity index is 0.00000151. The first-order valence-corrected chi connectivity index (χ1v) is 9.77. The van der Waals surface area contributed by atoms with Gasteiger partial charge in [0.2, 0.25) is 0 Å². The van der Waals surface area contributed by atoms with Crippen LogP contribution in [-0.4, -0.2) is 52.1 Å². The van der Waals surface area contributed by atoms with Crippen molar-refractivity contribution in [2.45, 2.75) is 33.3 Å². The highest BCUT2D eigenvalue weighted by atomic mass is 35.5. The number of aromatic amines is 1. The number of nitrogens with two attached hydrogens (primary N) is 1. The summed E-state index contributed by atoms with van der Waals surface area (Å²) < 4.78 is 5.06. The SMILES string of the molecule is CCOC(=O)c1[nH]c(CNCCN)c(-c2ccc(CO)c(CO)c2CO)c1Cl.O=C=O. The van der Waals surface area contributed by atoms with Crippen LogP contribution in [0.4, 0.5) is 0 Å². The Bertz CT molecular complexity index is 909. The van der Waals surface area contributed by atoms with Crippen LogP contribution in [0.5, 0.6) is 0 Å². The number of esters is 1. The number of rotatable bonds is 10. The molecule has 31 heavy (non-hydrogen) atoms. The molecule has 0 spiro atoms. The van der Waals surface area contributed by atoms with Crippen molar-refractivity contribution in [1.82, 2.24) is 10.3 Å². The topological polar surface area (TPSA) is 175 Å². The number of ether oxygens (including phenoxy) is 1. The number of aliphatic hydroxyl groups excluding tert-OH is 3. The molecule has 0 saturated carbocycles. The first-order valence-electron chi connectivity index (χ1n) is 9.39. The number of nitrogens with one attached hydrogen (secondary N) is 2. The van der Waals surface area contributed by atoms with Crippen molar-refractivity contribution in [1.29, 1.82) is 0 Å². The molecule has 0 aliphatic heterocycles. The van der Waals surface area contributed by atoms with Gasteiger partial charge in [0.1, 0.15) is 5.69 Å². The van der Waals surface area contributed by atoms with E-state index in [1.807, 2.05) is 0 Å². The number of halogens is 1. The Morgan fingerprint density at radius 1 is 1.19 bits per heavy atom.